The fourth-order valence-electron chi connectivity index (χ4n) is 3.47. The molecule has 1 aromatic heterocycles. The summed E-state index contributed by atoms with van der Waals surface area (Å²) in [7, 11) is 0. The molecule has 0 bridgehead atoms. The van der Waals surface area contributed by atoms with Gasteiger partial charge in [-0.2, -0.15) is 0 Å². The zero-order valence-corrected chi connectivity index (χ0v) is 19.4. The number of nitrogens with one attached hydrogen (secondary N) is 2. The Morgan fingerprint density at radius 3 is 2.14 bits per heavy atom. The van der Waals surface area contributed by atoms with Gasteiger partial charge in [-0.15, -0.1) is 0 Å². The van der Waals surface area contributed by atoms with E-state index in [0.29, 0.717) is 27.5 Å². The first-order valence-corrected chi connectivity index (χ1v) is 12.1. The van der Waals surface area contributed by atoms with E-state index in [4.69, 9.17) is 0 Å². The number of hydrogen-bond acceptors (Lipinski definition) is 5. The third-order valence-corrected chi connectivity index (χ3v) is 6.91. The summed E-state index contributed by atoms with van der Waals surface area (Å²) in [6.45, 7) is 0. The van der Waals surface area contributed by atoms with E-state index in [0.717, 1.165) is 5.69 Å². The molecule has 0 spiro atoms. The van der Waals surface area contributed by atoms with Gasteiger partial charge in [-0.3, -0.25) is 9.59 Å². The molecule has 1 amide bonds. The Kier molecular flexibility index (Phi) is 7.77. The van der Waals surface area contributed by atoms with Crippen molar-refractivity contribution in [2.75, 3.05) is 10.6 Å². The first-order valence-electron chi connectivity index (χ1n) is 10.9. The van der Waals surface area contributed by atoms with Gasteiger partial charge in [0.25, 0.3) is 5.91 Å². The maximum atomic E-state index is 13.1. The Morgan fingerprint density at radius 2 is 1.51 bits per heavy atom. The van der Waals surface area contributed by atoms with Crippen LogP contribution in [0.1, 0.15) is 27.6 Å². The molecule has 1 heterocycles. The van der Waals surface area contributed by atoms with Crippen LogP contribution >= 0.6 is 0 Å². The Hall–Kier alpha value is -4.14. The first kappa shape index (κ1) is 24.0. The molecule has 4 aromatic rings. The lowest BCUT2D eigenvalue weighted by molar-refractivity contribution is -0.137. The Labute approximate surface area is 206 Å². The summed E-state index contributed by atoms with van der Waals surface area (Å²) >= 11 is -1.57. The third kappa shape index (κ3) is 6.47. The van der Waals surface area contributed by atoms with Crippen LogP contribution in [0.15, 0.2) is 108 Å². The smallest absolute Gasteiger partial charge is 0.308 e. The molecule has 0 aliphatic carbocycles. The highest BCUT2D eigenvalue weighted by molar-refractivity contribution is 7.91. The van der Waals surface area contributed by atoms with Crippen LogP contribution in [0.3, 0.4) is 0 Å². The number of nitrogens with zero attached hydrogens (tertiary/aromatic N) is 1. The van der Waals surface area contributed by atoms with E-state index >= 15 is 0 Å². The van der Waals surface area contributed by atoms with Gasteiger partial charge in [-0.1, -0.05) is 36.4 Å². The summed E-state index contributed by atoms with van der Waals surface area (Å²) in [5, 5.41) is 14.6. The highest BCUT2D eigenvalue weighted by Gasteiger charge is 2.29. The number of hydrogen-bond donors (Lipinski definition) is 3. The summed E-state index contributed by atoms with van der Waals surface area (Å²) in [4.78, 5) is 28.7. The molecule has 3 N–H and O–H groups in total. The highest BCUT2D eigenvalue weighted by atomic mass is 32.2. The molecule has 2 atom stereocenters. The van der Waals surface area contributed by atoms with Crippen molar-refractivity contribution in [3.8, 4) is 0 Å². The Bertz CT molecular complexity index is 1270. The predicted molar refractivity (Wildman–Crippen MR) is 136 cm³/mol. The standard InChI is InChI=1S/C27H23N3O4S/c31-26(32)18-24(19-6-2-1-3-7-19)35(34)23-15-13-22(14-16-23)30-27(33)20-9-11-21(12-10-20)29-25-8-4-5-17-28-25/h1-17,24H,18H2,(H,28,29)(H,30,33)(H,31,32). The van der Waals surface area contributed by atoms with Crippen molar-refractivity contribution < 1.29 is 19.2 Å². The van der Waals surface area contributed by atoms with Gasteiger partial charge in [0.2, 0.25) is 0 Å². The Morgan fingerprint density at radius 1 is 0.857 bits per heavy atom. The number of carboxylic acids is 1. The van der Waals surface area contributed by atoms with Crippen molar-refractivity contribution in [1.82, 2.24) is 4.98 Å². The predicted octanol–water partition coefficient (Wildman–Crippen LogP) is 5.40. The van der Waals surface area contributed by atoms with Crippen molar-refractivity contribution in [2.45, 2.75) is 16.6 Å². The number of aromatic nitrogens is 1. The van der Waals surface area contributed by atoms with Crippen molar-refractivity contribution in [2.24, 2.45) is 0 Å². The average molecular weight is 486 g/mol. The summed E-state index contributed by atoms with van der Waals surface area (Å²) < 4.78 is 13.1. The van der Waals surface area contributed by atoms with E-state index in [9.17, 15) is 19.2 Å². The molecule has 8 heteroatoms. The zero-order chi connectivity index (χ0) is 24.6. The lowest BCUT2D eigenvalue weighted by atomic mass is 10.1. The number of anilines is 3. The molecular formula is C27H23N3O4S. The maximum Gasteiger partial charge on any atom is 0.308 e. The van der Waals surface area contributed by atoms with Crippen LogP contribution in [-0.2, 0) is 16.0 Å². The molecule has 0 fully saturated rings. The largest absolute Gasteiger partial charge is 0.611 e. The summed E-state index contributed by atoms with van der Waals surface area (Å²) in [5.41, 5.74) is 2.53. The average Bonchev–Trinajstić information content (AvgIpc) is 2.89. The van der Waals surface area contributed by atoms with Crippen LogP contribution < -0.4 is 10.6 Å². The number of pyridine rings is 1. The SMILES string of the molecule is O=C(O)CC(c1ccccc1)[S+]([O-])c1ccc(NC(=O)c2ccc(Nc3ccccn3)cc2)cc1. The molecule has 7 nitrogen and oxygen atoms in total. The lowest BCUT2D eigenvalue weighted by Crippen LogP contribution is -2.18. The summed E-state index contributed by atoms with van der Waals surface area (Å²) in [6, 6.07) is 28.1. The molecule has 176 valence electrons. The molecule has 3 aromatic carbocycles. The van der Waals surface area contributed by atoms with Gasteiger partial charge in [0.05, 0.1) is 6.42 Å². The zero-order valence-electron chi connectivity index (χ0n) is 18.6. The molecule has 0 radical (unpaired) electrons. The second-order valence-corrected chi connectivity index (χ2v) is 9.33. The van der Waals surface area contributed by atoms with Crippen LogP contribution in [0.2, 0.25) is 0 Å². The van der Waals surface area contributed by atoms with Gasteiger partial charge in [-0.05, 0) is 71.8 Å². The van der Waals surface area contributed by atoms with Gasteiger partial charge < -0.3 is 20.3 Å². The number of carbonyl (C=O) groups is 2. The molecule has 35 heavy (non-hydrogen) atoms. The summed E-state index contributed by atoms with van der Waals surface area (Å²) in [6.07, 6.45) is 1.44. The van der Waals surface area contributed by atoms with Gasteiger partial charge >= 0.3 is 5.97 Å². The number of aliphatic carboxylic acids is 1. The fourth-order valence-corrected chi connectivity index (χ4v) is 4.90. The van der Waals surface area contributed by atoms with Crippen LogP contribution in [0.25, 0.3) is 0 Å². The van der Waals surface area contributed by atoms with Gasteiger partial charge in [0.1, 0.15) is 5.82 Å². The van der Waals surface area contributed by atoms with E-state index in [2.05, 4.69) is 15.6 Å². The minimum absolute atomic E-state index is 0.250. The third-order valence-electron chi connectivity index (χ3n) is 5.22. The lowest BCUT2D eigenvalue weighted by Gasteiger charge is -2.20. The van der Waals surface area contributed by atoms with Crippen molar-refractivity contribution in [3.05, 3.63) is 114 Å². The molecule has 0 aliphatic heterocycles. The van der Waals surface area contributed by atoms with E-state index in [1.165, 1.54) is 0 Å². The molecule has 0 saturated heterocycles. The molecule has 2 unspecified atom stereocenters. The number of amides is 1. The van der Waals surface area contributed by atoms with Crippen molar-refractivity contribution in [3.63, 3.8) is 0 Å². The van der Waals surface area contributed by atoms with Gasteiger partial charge in [0, 0.05) is 28.7 Å². The minimum atomic E-state index is -1.57. The van der Waals surface area contributed by atoms with E-state index in [-0.39, 0.29) is 12.3 Å². The van der Waals surface area contributed by atoms with Crippen LogP contribution in [0, 0.1) is 0 Å². The highest BCUT2D eigenvalue weighted by Crippen LogP contribution is 2.32. The normalized spacial score (nSPS) is 12.4. The number of carbonyl (C=O) groups excluding carboxylic acids is 1. The first-order chi connectivity index (χ1) is 17.0. The van der Waals surface area contributed by atoms with E-state index in [1.54, 1.807) is 79.0 Å². The number of rotatable bonds is 9. The van der Waals surface area contributed by atoms with Crippen LogP contribution in [-0.4, -0.2) is 26.5 Å². The minimum Gasteiger partial charge on any atom is -0.611 e. The molecule has 0 saturated carbocycles. The van der Waals surface area contributed by atoms with Crippen molar-refractivity contribution >= 4 is 40.2 Å². The Balaban J connectivity index is 1.41. The summed E-state index contributed by atoms with van der Waals surface area (Å²) in [5.74, 6) is -0.589. The maximum absolute atomic E-state index is 13.1. The monoisotopic (exact) mass is 485 g/mol. The van der Waals surface area contributed by atoms with E-state index < -0.39 is 22.4 Å². The van der Waals surface area contributed by atoms with Crippen LogP contribution in [0.5, 0.6) is 0 Å². The molecule has 4 rings (SSSR count). The van der Waals surface area contributed by atoms with Crippen molar-refractivity contribution in [1.29, 1.82) is 0 Å². The van der Waals surface area contributed by atoms with Gasteiger partial charge in [0.15, 0.2) is 10.1 Å². The second kappa shape index (κ2) is 11.3. The number of carboxylic acid groups (broad SMARTS) is 1. The van der Waals surface area contributed by atoms with Gasteiger partial charge in [-0.25, -0.2) is 4.98 Å². The molecule has 0 aliphatic rings. The van der Waals surface area contributed by atoms with Crippen LogP contribution in [0.4, 0.5) is 17.2 Å². The fraction of sp³-hybridized carbons (Fsp3) is 0.0741. The number of benzene rings is 3. The molecular weight excluding hydrogens is 462 g/mol. The topological polar surface area (TPSA) is 114 Å². The quantitative estimate of drug-likeness (QED) is 0.274. The second-order valence-electron chi connectivity index (χ2n) is 7.69. The van der Waals surface area contributed by atoms with E-state index in [1.807, 2.05) is 24.3 Å².